The van der Waals surface area contributed by atoms with Gasteiger partial charge in [-0.15, -0.1) is 0 Å². The van der Waals surface area contributed by atoms with E-state index in [0.717, 1.165) is 6.42 Å². The number of benzene rings is 2. The SMILES string of the molecule is CCCNc1ncnc2c1ncn2[C@@H]1O[C@H](/C=C\CNC(=O)c2cc(-c3ccc(F)cc3)cc(O)c2O)[C@@H](O)[C@H]1O. The number of aromatic nitrogens is 4. The number of fused-ring (bicyclic) bond motifs is 1. The maximum absolute atomic E-state index is 13.3. The van der Waals surface area contributed by atoms with Crippen molar-refractivity contribution in [3.63, 3.8) is 0 Å². The van der Waals surface area contributed by atoms with E-state index in [9.17, 15) is 29.6 Å². The molecule has 1 fully saturated rings. The van der Waals surface area contributed by atoms with E-state index in [1.165, 1.54) is 65.8 Å². The highest BCUT2D eigenvalue weighted by atomic mass is 19.1. The highest BCUT2D eigenvalue weighted by Gasteiger charge is 2.43. The number of aromatic hydroxyl groups is 2. The molecule has 5 rings (SSSR count). The van der Waals surface area contributed by atoms with Gasteiger partial charge in [-0.2, -0.15) is 0 Å². The van der Waals surface area contributed by atoms with Gasteiger partial charge in [0.25, 0.3) is 5.91 Å². The molecule has 12 nitrogen and oxygen atoms in total. The molecule has 6 N–H and O–H groups in total. The predicted molar refractivity (Wildman–Crippen MR) is 147 cm³/mol. The molecule has 214 valence electrons. The zero-order chi connectivity index (χ0) is 29.1. The number of rotatable bonds is 9. The summed E-state index contributed by atoms with van der Waals surface area (Å²) in [4.78, 5) is 25.6. The average Bonchev–Trinajstić information content (AvgIpc) is 3.52. The van der Waals surface area contributed by atoms with Crippen molar-refractivity contribution in [3.8, 4) is 22.6 Å². The third kappa shape index (κ3) is 5.68. The molecule has 1 aliphatic heterocycles. The molecule has 4 aromatic rings. The molecule has 1 amide bonds. The molecule has 0 bridgehead atoms. The zero-order valence-electron chi connectivity index (χ0n) is 22.0. The minimum atomic E-state index is -1.28. The lowest BCUT2D eigenvalue weighted by atomic mass is 10.0. The minimum Gasteiger partial charge on any atom is -0.504 e. The largest absolute Gasteiger partial charge is 0.504 e. The first-order valence-corrected chi connectivity index (χ1v) is 13.0. The van der Waals surface area contributed by atoms with E-state index in [1.807, 2.05) is 6.92 Å². The van der Waals surface area contributed by atoms with Crippen LogP contribution in [0.3, 0.4) is 0 Å². The van der Waals surface area contributed by atoms with Crippen LogP contribution in [0, 0.1) is 5.82 Å². The highest BCUT2D eigenvalue weighted by Crippen LogP contribution is 2.35. The lowest BCUT2D eigenvalue weighted by Gasteiger charge is -2.16. The van der Waals surface area contributed by atoms with E-state index in [-0.39, 0.29) is 12.1 Å². The second-order valence-corrected chi connectivity index (χ2v) is 9.48. The van der Waals surface area contributed by atoms with Crippen molar-refractivity contribution in [3.05, 3.63) is 72.6 Å². The van der Waals surface area contributed by atoms with Crippen LogP contribution in [0.2, 0.25) is 0 Å². The Hall–Kier alpha value is -4.59. The third-order valence-electron chi connectivity index (χ3n) is 6.67. The minimum absolute atomic E-state index is 0.0131. The predicted octanol–water partition coefficient (Wildman–Crippen LogP) is 2.47. The number of amides is 1. The van der Waals surface area contributed by atoms with Gasteiger partial charge in [-0.25, -0.2) is 19.3 Å². The first-order valence-electron chi connectivity index (χ1n) is 13.0. The summed E-state index contributed by atoms with van der Waals surface area (Å²) in [5, 5.41) is 47.4. The number of ether oxygens (including phenoxy) is 1. The van der Waals surface area contributed by atoms with Crippen LogP contribution in [-0.4, -0.2) is 77.3 Å². The smallest absolute Gasteiger partial charge is 0.255 e. The van der Waals surface area contributed by atoms with Gasteiger partial charge in [0.2, 0.25) is 0 Å². The Kier molecular flexibility index (Phi) is 8.10. The second kappa shape index (κ2) is 11.9. The summed E-state index contributed by atoms with van der Waals surface area (Å²) >= 11 is 0. The molecule has 0 unspecified atom stereocenters. The Morgan fingerprint density at radius 1 is 1.10 bits per heavy atom. The van der Waals surface area contributed by atoms with Gasteiger partial charge in [0.05, 0.1) is 11.9 Å². The number of phenolic OH excluding ortho intramolecular Hbond substituents is 2. The van der Waals surface area contributed by atoms with E-state index in [4.69, 9.17) is 4.74 Å². The van der Waals surface area contributed by atoms with Crippen molar-refractivity contribution in [2.75, 3.05) is 18.4 Å². The topological polar surface area (TPSA) is 175 Å². The van der Waals surface area contributed by atoms with Crippen LogP contribution < -0.4 is 10.6 Å². The Morgan fingerprint density at radius 3 is 2.63 bits per heavy atom. The molecule has 3 heterocycles. The number of hydrogen-bond donors (Lipinski definition) is 6. The van der Waals surface area contributed by atoms with Crippen molar-refractivity contribution in [2.45, 2.75) is 37.9 Å². The third-order valence-corrected chi connectivity index (χ3v) is 6.67. The summed E-state index contributed by atoms with van der Waals surface area (Å²) in [6.45, 7) is 2.71. The number of phenols is 2. The van der Waals surface area contributed by atoms with Gasteiger partial charge < -0.3 is 35.8 Å². The van der Waals surface area contributed by atoms with E-state index >= 15 is 0 Å². The Balaban J connectivity index is 1.25. The number of nitrogens with zero attached hydrogens (tertiary/aromatic N) is 4. The van der Waals surface area contributed by atoms with E-state index in [2.05, 4.69) is 25.6 Å². The summed E-state index contributed by atoms with van der Waals surface area (Å²) in [5.74, 6) is -1.64. The van der Waals surface area contributed by atoms with Crippen LogP contribution in [0.5, 0.6) is 11.5 Å². The number of carbonyl (C=O) groups excluding carboxylic acids is 1. The molecule has 1 aliphatic rings. The Morgan fingerprint density at radius 2 is 1.88 bits per heavy atom. The Bertz CT molecular complexity index is 1580. The number of aliphatic hydroxyl groups is 2. The summed E-state index contributed by atoms with van der Waals surface area (Å²) in [6, 6.07) is 8.13. The maximum Gasteiger partial charge on any atom is 0.255 e. The second-order valence-electron chi connectivity index (χ2n) is 9.48. The van der Waals surface area contributed by atoms with Crippen molar-refractivity contribution < 1.29 is 34.3 Å². The summed E-state index contributed by atoms with van der Waals surface area (Å²) < 4.78 is 20.7. The highest BCUT2D eigenvalue weighted by molar-refractivity contribution is 5.99. The van der Waals surface area contributed by atoms with E-state index in [0.29, 0.717) is 34.7 Å². The van der Waals surface area contributed by atoms with Crippen molar-refractivity contribution in [1.82, 2.24) is 24.8 Å². The van der Waals surface area contributed by atoms with Gasteiger partial charge in [0, 0.05) is 13.1 Å². The monoisotopic (exact) mass is 564 g/mol. The van der Waals surface area contributed by atoms with Crippen molar-refractivity contribution >= 4 is 22.9 Å². The fraction of sp³-hybridized carbons (Fsp3) is 0.286. The van der Waals surface area contributed by atoms with Crippen molar-refractivity contribution in [1.29, 1.82) is 0 Å². The number of anilines is 1. The Labute approximate surface area is 233 Å². The lowest BCUT2D eigenvalue weighted by molar-refractivity contribution is -0.0245. The molecule has 1 saturated heterocycles. The van der Waals surface area contributed by atoms with Gasteiger partial charge in [0.1, 0.15) is 30.5 Å². The molecule has 41 heavy (non-hydrogen) atoms. The number of hydrogen-bond acceptors (Lipinski definition) is 10. The molecule has 0 saturated carbocycles. The van der Waals surface area contributed by atoms with Crippen molar-refractivity contribution in [2.24, 2.45) is 0 Å². The fourth-order valence-corrected chi connectivity index (χ4v) is 4.54. The lowest BCUT2D eigenvalue weighted by Crippen LogP contribution is -2.31. The number of halogens is 1. The number of carbonyl (C=O) groups is 1. The van der Waals surface area contributed by atoms with E-state index < -0.39 is 47.8 Å². The molecular weight excluding hydrogens is 535 g/mol. The molecule has 0 radical (unpaired) electrons. The van der Waals surface area contributed by atoms with Gasteiger partial charge >= 0.3 is 0 Å². The average molecular weight is 565 g/mol. The molecular formula is C28H29FN6O6. The van der Waals surface area contributed by atoms with Crippen LogP contribution >= 0.6 is 0 Å². The van der Waals surface area contributed by atoms with Crippen LogP contribution in [0.15, 0.2) is 61.2 Å². The first-order chi connectivity index (χ1) is 19.8. The van der Waals surface area contributed by atoms with Crippen LogP contribution in [0.25, 0.3) is 22.3 Å². The molecule has 4 atom stereocenters. The van der Waals surface area contributed by atoms with Gasteiger partial charge in [-0.3, -0.25) is 9.36 Å². The fourth-order valence-electron chi connectivity index (χ4n) is 4.54. The molecule has 0 spiro atoms. The number of imidazole rings is 1. The van der Waals surface area contributed by atoms with Crippen LogP contribution in [-0.2, 0) is 4.74 Å². The van der Waals surface area contributed by atoms with Gasteiger partial charge in [0.15, 0.2) is 34.7 Å². The number of nitrogens with one attached hydrogen (secondary N) is 2. The molecule has 13 heteroatoms. The molecule has 2 aromatic heterocycles. The quantitative estimate of drug-likeness (QED) is 0.131. The molecule has 2 aromatic carbocycles. The summed E-state index contributed by atoms with van der Waals surface area (Å²) in [6.07, 6.45) is 2.35. The van der Waals surface area contributed by atoms with Gasteiger partial charge in [-0.05, 0) is 41.8 Å². The standard InChI is InChI=1S/C28H29FN6O6/c1-2-9-30-25-21-26(33-13-32-25)35(14-34-21)28-24(39)23(38)20(41-28)4-3-10-31-27(40)18-11-16(12-19(36)22(18)37)15-5-7-17(29)8-6-15/h3-8,11-14,20,23-24,28,36-39H,2,9-10H2,1H3,(H,31,40)(H,30,32,33)/b4-3-/t20-,23-,24-,28-/m1/s1. The van der Waals surface area contributed by atoms with Gasteiger partial charge in [-0.1, -0.05) is 31.2 Å². The van der Waals surface area contributed by atoms with Crippen LogP contribution in [0.4, 0.5) is 10.2 Å². The normalized spacial score (nSPS) is 20.6. The van der Waals surface area contributed by atoms with Crippen LogP contribution in [0.1, 0.15) is 29.9 Å². The maximum atomic E-state index is 13.3. The summed E-state index contributed by atoms with van der Waals surface area (Å²) in [5.41, 5.74) is 1.71. The zero-order valence-corrected chi connectivity index (χ0v) is 22.0. The summed E-state index contributed by atoms with van der Waals surface area (Å²) in [7, 11) is 0. The first kappa shape index (κ1) is 28.0. The van der Waals surface area contributed by atoms with E-state index in [1.54, 1.807) is 0 Å². The number of aliphatic hydroxyl groups excluding tert-OH is 2. The molecule has 0 aliphatic carbocycles.